The van der Waals surface area contributed by atoms with Crippen molar-refractivity contribution in [1.29, 1.82) is 5.26 Å². The second-order valence-electron chi connectivity index (χ2n) is 9.17. The van der Waals surface area contributed by atoms with Gasteiger partial charge in [0.25, 0.3) is 0 Å². The summed E-state index contributed by atoms with van der Waals surface area (Å²) in [5, 5.41) is 13.1. The maximum atomic E-state index is 13.2. The number of hydrogen-bond donors (Lipinski definition) is 1. The van der Waals surface area contributed by atoms with Gasteiger partial charge in [-0.25, -0.2) is 14.8 Å². The maximum absolute atomic E-state index is 13.2. The number of amides is 2. The molecule has 0 radical (unpaired) electrons. The van der Waals surface area contributed by atoms with Crippen molar-refractivity contribution in [3.05, 3.63) is 18.6 Å². The molecular formula is C22H28N8O2. The number of likely N-dealkylation sites (tertiary alicyclic amines) is 2. The van der Waals surface area contributed by atoms with E-state index in [0.717, 1.165) is 37.1 Å². The monoisotopic (exact) mass is 436 g/mol. The summed E-state index contributed by atoms with van der Waals surface area (Å²) in [5.74, 6) is 0.974. The van der Waals surface area contributed by atoms with Crippen molar-refractivity contribution in [3.8, 4) is 6.07 Å². The minimum absolute atomic E-state index is 0.0411. The molecule has 3 aliphatic rings. The molecule has 168 valence electrons. The van der Waals surface area contributed by atoms with Gasteiger partial charge in [0.1, 0.15) is 18.6 Å². The molecule has 2 bridgehead atoms. The molecule has 5 rings (SSSR count). The molecule has 5 heterocycles. The molecule has 1 N–H and O–H groups in total. The van der Waals surface area contributed by atoms with Crippen LogP contribution in [0.4, 0.5) is 10.6 Å². The van der Waals surface area contributed by atoms with Crippen LogP contribution >= 0.6 is 0 Å². The molecule has 32 heavy (non-hydrogen) atoms. The highest BCUT2D eigenvalue weighted by Gasteiger charge is 2.41. The van der Waals surface area contributed by atoms with E-state index >= 15 is 0 Å². The number of piperazine rings is 1. The number of anilines is 1. The van der Waals surface area contributed by atoms with Crippen molar-refractivity contribution in [2.24, 2.45) is 5.92 Å². The molecule has 3 fully saturated rings. The molecule has 2 aromatic heterocycles. The van der Waals surface area contributed by atoms with Gasteiger partial charge in [0, 0.05) is 51.5 Å². The molecule has 2 amide bonds. The quantitative estimate of drug-likeness (QED) is 0.765. The number of rotatable bonds is 3. The first kappa shape index (κ1) is 20.7. The average Bonchev–Trinajstić information content (AvgIpc) is 3.54. The molecule has 3 aliphatic heterocycles. The Morgan fingerprint density at radius 3 is 2.91 bits per heavy atom. The third-order valence-corrected chi connectivity index (χ3v) is 7.30. The number of nitrogens with zero attached hydrogens (tertiary/aromatic N) is 7. The van der Waals surface area contributed by atoms with Gasteiger partial charge in [-0.05, 0) is 24.8 Å². The van der Waals surface area contributed by atoms with Gasteiger partial charge in [0.2, 0.25) is 5.91 Å². The first-order chi connectivity index (χ1) is 15.5. The third kappa shape index (κ3) is 3.37. The first-order valence-corrected chi connectivity index (χ1v) is 11.2. The number of likely N-dealkylation sites (N-methyl/N-ethyl adjacent to an activating group) is 1. The standard InChI is InChI=1S/C22H28N8O2/c1-14-4-7-28(19(31)3-6-23)12-18(14)27(2)20-17-5-8-29(21(17)26-13-25-20)22(32)30-11-15-9-16(30)10-24-15/h5,8,13-16,18,24H,3-4,7,9-12H2,1-2H3/t14-,15+,16+,18+/m1/s1. The summed E-state index contributed by atoms with van der Waals surface area (Å²) >= 11 is 0. The fourth-order valence-corrected chi connectivity index (χ4v) is 5.42. The molecule has 10 heteroatoms. The minimum Gasteiger partial charge on any atom is -0.354 e. The molecule has 0 aliphatic carbocycles. The third-order valence-electron chi connectivity index (χ3n) is 7.30. The average molecular weight is 437 g/mol. The van der Waals surface area contributed by atoms with E-state index in [2.05, 4.69) is 27.1 Å². The molecule has 3 saturated heterocycles. The molecule has 0 unspecified atom stereocenters. The molecular weight excluding hydrogens is 408 g/mol. The van der Waals surface area contributed by atoms with E-state index in [1.807, 2.05) is 24.1 Å². The number of nitrogens with one attached hydrogen (secondary N) is 1. The van der Waals surface area contributed by atoms with E-state index < -0.39 is 0 Å². The summed E-state index contributed by atoms with van der Waals surface area (Å²) in [6.45, 7) is 4.97. The predicted octanol–water partition coefficient (Wildman–Crippen LogP) is 1.03. The molecule has 0 saturated carbocycles. The Hall–Kier alpha value is -3.19. The fourth-order valence-electron chi connectivity index (χ4n) is 5.42. The Balaban J connectivity index is 1.41. The lowest BCUT2D eigenvalue weighted by Crippen LogP contribution is -2.52. The lowest BCUT2D eigenvalue weighted by atomic mass is 9.92. The first-order valence-electron chi connectivity index (χ1n) is 11.2. The lowest BCUT2D eigenvalue weighted by molar-refractivity contribution is -0.131. The largest absolute Gasteiger partial charge is 0.354 e. The molecule has 2 aromatic rings. The number of fused-ring (bicyclic) bond motifs is 3. The van der Waals surface area contributed by atoms with Gasteiger partial charge in [0.15, 0.2) is 5.65 Å². The summed E-state index contributed by atoms with van der Waals surface area (Å²) in [6, 6.07) is 4.51. The van der Waals surface area contributed by atoms with Crippen molar-refractivity contribution in [2.75, 3.05) is 38.1 Å². The van der Waals surface area contributed by atoms with Gasteiger partial charge >= 0.3 is 6.03 Å². The summed E-state index contributed by atoms with van der Waals surface area (Å²) in [4.78, 5) is 40.3. The highest BCUT2D eigenvalue weighted by Crippen LogP contribution is 2.31. The van der Waals surface area contributed by atoms with Gasteiger partial charge in [0.05, 0.1) is 17.5 Å². The van der Waals surface area contributed by atoms with Crippen molar-refractivity contribution in [2.45, 2.75) is 44.3 Å². The van der Waals surface area contributed by atoms with Crippen molar-refractivity contribution in [1.82, 2.24) is 29.7 Å². The smallest absolute Gasteiger partial charge is 0.330 e. The van der Waals surface area contributed by atoms with E-state index in [-0.39, 0.29) is 30.4 Å². The van der Waals surface area contributed by atoms with E-state index in [1.54, 1.807) is 15.7 Å². The highest BCUT2D eigenvalue weighted by atomic mass is 16.2. The van der Waals surface area contributed by atoms with Crippen molar-refractivity contribution >= 4 is 28.8 Å². The van der Waals surface area contributed by atoms with Crippen LogP contribution in [-0.4, -0.2) is 87.6 Å². The Morgan fingerprint density at radius 1 is 1.34 bits per heavy atom. The Bertz CT molecular complexity index is 1090. The van der Waals surface area contributed by atoms with Crippen LogP contribution in [0.2, 0.25) is 0 Å². The zero-order valence-corrected chi connectivity index (χ0v) is 18.4. The maximum Gasteiger partial charge on any atom is 0.330 e. The molecule has 0 aromatic carbocycles. The van der Waals surface area contributed by atoms with Gasteiger partial charge in [-0.1, -0.05) is 6.92 Å². The predicted molar refractivity (Wildman–Crippen MR) is 118 cm³/mol. The van der Waals surface area contributed by atoms with Gasteiger partial charge in [-0.2, -0.15) is 5.26 Å². The lowest BCUT2D eigenvalue weighted by Gasteiger charge is -2.42. The Kier molecular flexibility index (Phi) is 5.21. The zero-order valence-electron chi connectivity index (χ0n) is 18.4. The molecule has 4 atom stereocenters. The van der Waals surface area contributed by atoms with Crippen LogP contribution in [0.25, 0.3) is 11.0 Å². The van der Waals surface area contributed by atoms with E-state index in [1.165, 1.54) is 6.33 Å². The summed E-state index contributed by atoms with van der Waals surface area (Å²) in [6.07, 6.45) is 5.06. The Labute approximate surface area is 186 Å². The topological polar surface area (TPSA) is 110 Å². The highest BCUT2D eigenvalue weighted by molar-refractivity contribution is 5.95. The number of aromatic nitrogens is 3. The Morgan fingerprint density at radius 2 is 2.19 bits per heavy atom. The normalized spacial score (nSPS) is 27.0. The van der Waals surface area contributed by atoms with Crippen LogP contribution in [-0.2, 0) is 4.79 Å². The number of hydrogen-bond acceptors (Lipinski definition) is 7. The summed E-state index contributed by atoms with van der Waals surface area (Å²) in [5.41, 5.74) is 0.600. The van der Waals surface area contributed by atoms with E-state index in [9.17, 15) is 9.59 Å². The number of nitriles is 1. The van der Waals surface area contributed by atoms with Crippen LogP contribution in [0.3, 0.4) is 0 Å². The van der Waals surface area contributed by atoms with Crippen LogP contribution in [0.5, 0.6) is 0 Å². The van der Waals surface area contributed by atoms with Crippen LogP contribution in [0, 0.1) is 17.2 Å². The second-order valence-corrected chi connectivity index (χ2v) is 9.17. The summed E-state index contributed by atoms with van der Waals surface area (Å²) in [7, 11) is 1.98. The number of carbonyl (C=O) groups is 2. The molecule has 0 spiro atoms. The van der Waals surface area contributed by atoms with E-state index in [0.29, 0.717) is 30.7 Å². The number of carbonyl (C=O) groups excluding carboxylic acids is 2. The molecule has 10 nitrogen and oxygen atoms in total. The minimum atomic E-state index is -0.128. The number of piperidine rings is 1. The van der Waals surface area contributed by atoms with Gasteiger partial charge < -0.3 is 20.0 Å². The van der Waals surface area contributed by atoms with Crippen LogP contribution in [0.15, 0.2) is 18.6 Å². The second kappa shape index (κ2) is 8.06. The van der Waals surface area contributed by atoms with Gasteiger partial charge in [-0.3, -0.25) is 9.36 Å². The van der Waals surface area contributed by atoms with Crippen molar-refractivity contribution < 1.29 is 9.59 Å². The van der Waals surface area contributed by atoms with Crippen LogP contribution < -0.4 is 10.2 Å². The SMILES string of the molecule is C[C@@H]1CCN(C(=O)CC#N)C[C@@H]1N(C)c1ncnc2c1ccn2C(=O)N1C[C@@H]2C[C@H]1CN2. The zero-order chi connectivity index (χ0) is 22.4. The van der Waals surface area contributed by atoms with E-state index in [4.69, 9.17) is 5.26 Å². The summed E-state index contributed by atoms with van der Waals surface area (Å²) < 4.78 is 1.63. The van der Waals surface area contributed by atoms with Crippen LogP contribution in [0.1, 0.15) is 26.2 Å². The van der Waals surface area contributed by atoms with Crippen molar-refractivity contribution in [3.63, 3.8) is 0 Å². The fraction of sp³-hybridized carbons (Fsp3) is 0.591. The van der Waals surface area contributed by atoms with Gasteiger partial charge in [-0.15, -0.1) is 0 Å².